The first-order valence-corrected chi connectivity index (χ1v) is 7.16. The van der Waals surface area contributed by atoms with E-state index >= 15 is 0 Å². The normalized spacial score (nSPS) is 12.2. The average molecular weight is 291 g/mol. The monoisotopic (exact) mass is 290 g/mol. The van der Waals surface area contributed by atoms with Crippen molar-refractivity contribution in [3.05, 3.63) is 64.2 Å². The maximum Gasteiger partial charge on any atom is 0.119 e. The smallest absolute Gasteiger partial charge is 0.119 e. The first kappa shape index (κ1) is 14.9. The Morgan fingerprint density at radius 1 is 1.15 bits per heavy atom. The summed E-state index contributed by atoms with van der Waals surface area (Å²) >= 11 is 6.11. The SMILES string of the molecule is CCCOc1cccc(C(O)c2ccc(C)c(Cl)c2)c1. The average Bonchev–Trinajstić information content (AvgIpc) is 2.47. The predicted molar refractivity (Wildman–Crippen MR) is 82.5 cm³/mol. The lowest BCUT2D eigenvalue weighted by atomic mass is 10.0. The van der Waals surface area contributed by atoms with Gasteiger partial charge in [-0.1, -0.05) is 42.8 Å². The fourth-order valence-corrected chi connectivity index (χ4v) is 2.15. The van der Waals surface area contributed by atoms with E-state index in [1.54, 1.807) is 6.07 Å². The molecule has 2 rings (SSSR count). The van der Waals surface area contributed by atoms with Crippen LogP contribution in [-0.2, 0) is 0 Å². The minimum Gasteiger partial charge on any atom is -0.494 e. The van der Waals surface area contributed by atoms with E-state index in [1.165, 1.54) is 0 Å². The zero-order valence-corrected chi connectivity index (χ0v) is 12.5. The van der Waals surface area contributed by atoms with Crippen LogP contribution in [0.1, 0.15) is 36.1 Å². The predicted octanol–water partition coefficient (Wildman–Crippen LogP) is 4.52. The number of aryl methyl sites for hydroxylation is 1. The Labute approximate surface area is 125 Å². The molecule has 20 heavy (non-hydrogen) atoms. The van der Waals surface area contributed by atoms with Gasteiger partial charge in [0, 0.05) is 5.02 Å². The number of hydrogen-bond acceptors (Lipinski definition) is 2. The van der Waals surface area contributed by atoms with Gasteiger partial charge in [-0.15, -0.1) is 0 Å². The number of aliphatic hydroxyl groups is 1. The third-order valence-corrected chi connectivity index (χ3v) is 3.57. The summed E-state index contributed by atoms with van der Waals surface area (Å²) in [6, 6.07) is 13.2. The molecule has 0 saturated heterocycles. The second kappa shape index (κ2) is 6.78. The molecule has 1 atom stereocenters. The molecule has 0 aromatic heterocycles. The summed E-state index contributed by atoms with van der Waals surface area (Å²) in [6.07, 6.45) is 0.263. The molecule has 106 valence electrons. The van der Waals surface area contributed by atoms with Crippen molar-refractivity contribution >= 4 is 11.6 Å². The van der Waals surface area contributed by atoms with Crippen molar-refractivity contribution in [2.24, 2.45) is 0 Å². The number of ether oxygens (including phenoxy) is 1. The standard InChI is InChI=1S/C17H19ClO2/c1-3-9-20-15-6-4-5-13(10-15)17(19)14-8-7-12(2)16(18)11-14/h4-8,10-11,17,19H,3,9H2,1-2H3. The number of hydrogen-bond donors (Lipinski definition) is 1. The molecule has 2 nitrogen and oxygen atoms in total. The van der Waals surface area contributed by atoms with Crippen molar-refractivity contribution in [2.45, 2.75) is 26.4 Å². The summed E-state index contributed by atoms with van der Waals surface area (Å²) in [5.74, 6) is 0.779. The van der Waals surface area contributed by atoms with Crippen LogP contribution < -0.4 is 4.74 Å². The van der Waals surface area contributed by atoms with Crippen molar-refractivity contribution in [1.29, 1.82) is 0 Å². The summed E-state index contributed by atoms with van der Waals surface area (Å²) in [5, 5.41) is 11.1. The van der Waals surface area contributed by atoms with E-state index in [9.17, 15) is 5.11 Å². The molecule has 0 spiro atoms. The zero-order chi connectivity index (χ0) is 14.5. The van der Waals surface area contributed by atoms with Gasteiger partial charge in [-0.3, -0.25) is 0 Å². The highest BCUT2D eigenvalue weighted by molar-refractivity contribution is 6.31. The van der Waals surface area contributed by atoms with Crippen LogP contribution in [0.4, 0.5) is 0 Å². The molecule has 0 fully saturated rings. The Morgan fingerprint density at radius 2 is 1.90 bits per heavy atom. The summed E-state index contributed by atoms with van der Waals surface area (Å²) in [6.45, 7) is 4.68. The Hall–Kier alpha value is -1.51. The molecule has 2 aromatic rings. The number of rotatable bonds is 5. The highest BCUT2D eigenvalue weighted by Gasteiger charge is 2.12. The zero-order valence-electron chi connectivity index (χ0n) is 11.8. The molecular formula is C17H19ClO2. The molecule has 1 unspecified atom stereocenters. The van der Waals surface area contributed by atoms with E-state index in [0.717, 1.165) is 28.9 Å². The van der Waals surface area contributed by atoms with E-state index in [-0.39, 0.29) is 0 Å². The van der Waals surface area contributed by atoms with E-state index in [4.69, 9.17) is 16.3 Å². The lowest BCUT2D eigenvalue weighted by Gasteiger charge is -2.14. The van der Waals surface area contributed by atoms with Crippen LogP contribution in [0.5, 0.6) is 5.75 Å². The van der Waals surface area contributed by atoms with E-state index in [1.807, 2.05) is 43.3 Å². The van der Waals surface area contributed by atoms with E-state index in [2.05, 4.69) is 6.92 Å². The molecule has 0 amide bonds. The fraction of sp³-hybridized carbons (Fsp3) is 0.294. The van der Waals surface area contributed by atoms with Crippen molar-refractivity contribution in [3.8, 4) is 5.75 Å². The second-order valence-corrected chi connectivity index (χ2v) is 5.24. The number of aliphatic hydroxyl groups excluding tert-OH is 1. The topological polar surface area (TPSA) is 29.5 Å². The highest BCUT2D eigenvalue weighted by atomic mass is 35.5. The molecule has 0 heterocycles. The lowest BCUT2D eigenvalue weighted by Crippen LogP contribution is -2.01. The lowest BCUT2D eigenvalue weighted by molar-refractivity contribution is 0.219. The summed E-state index contributed by atoms with van der Waals surface area (Å²) in [4.78, 5) is 0. The van der Waals surface area contributed by atoms with E-state index in [0.29, 0.717) is 11.6 Å². The summed E-state index contributed by atoms with van der Waals surface area (Å²) < 4.78 is 5.59. The second-order valence-electron chi connectivity index (χ2n) is 4.83. The Kier molecular flexibility index (Phi) is 5.05. The third-order valence-electron chi connectivity index (χ3n) is 3.16. The van der Waals surface area contributed by atoms with Gasteiger partial charge < -0.3 is 9.84 Å². The maximum absolute atomic E-state index is 10.4. The fourth-order valence-electron chi connectivity index (χ4n) is 1.97. The Balaban J connectivity index is 2.23. The van der Waals surface area contributed by atoms with Gasteiger partial charge in [0.1, 0.15) is 11.9 Å². The largest absolute Gasteiger partial charge is 0.494 e. The first-order valence-electron chi connectivity index (χ1n) is 6.78. The third kappa shape index (κ3) is 3.53. The highest BCUT2D eigenvalue weighted by Crippen LogP contribution is 2.28. The van der Waals surface area contributed by atoms with Gasteiger partial charge in [0.05, 0.1) is 6.61 Å². The minimum absolute atomic E-state index is 0.667. The van der Waals surface area contributed by atoms with Crippen LogP contribution in [-0.4, -0.2) is 11.7 Å². The van der Waals surface area contributed by atoms with Gasteiger partial charge >= 0.3 is 0 Å². The first-order chi connectivity index (χ1) is 9.61. The number of halogens is 1. The van der Waals surface area contributed by atoms with Crippen LogP contribution in [0.15, 0.2) is 42.5 Å². The van der Waals surface area contributed by atoms with Crippen molar-refractivity contribution in [1.82, 2.24) is 0 Å². The quantitative estimate of drug-likeness (QED) is 0.877. The molecule has 2 aromatic carbocycles. The molecule has 0 aliphatic heterocycles. The van der Waals surface area contributed by atoms with Crippen LogP contribution in [0, 0.1) is 6.92 Å². The van der Waals surface area contributed by atoms with Crippen molar-refractivity contribution in [2.75, 3.05) is 6.61 Å². The molecule has 1 N–H and O–H groups in total. The van der Waals surface area contributed by atoms with Crippen molar-refractivity contribution < 1.29 is 9.84 Å². The molecule has 0 radical (unpaired) electrons. The van der Waals surface area contributed by atoms with Crippen LogP contribution in [0.2, 0.25) is 5.02 Å². The molecule has 0 aliphatic carbocycles. The molecule has 3 heteroatoms. The van der Waals surface area contributed by atoms with Crippen LogP contribution >= 0.6 is 11.6 Å². The van der Waals surface area contributed by atoms with E-state index < -0.39 is 6.10 Å². The Bertz CT molecular complexity index is 581. The minimum atomic E-state index is -0.696. The van der Waals surface area contributed by atoms with Gasteiger partial charge in [-0.2, -0.15) is 0 Å². The molecule has 0 aliphatic rings. The summed E-state index contributed by atoms with van der Waals surface area (Å²) in [5.41, 5.74) is 2.59. The van der Waals surface area contributed by atoms with Crippen molar-refractivity contribution in [3.63, 3.8) is 0 Å². The van der Waals surface area contributed by atoms with Gasteiger partial charge in [0.15, 0.2) is 0 Å². The van der Waals surface area contributed by atoms with Gasteiger partial charge in [-0.05, 0) is 48.2 Å². The Morgan fingerprint density at radius 3 is 2.60 bits per heavy atom. The molecular weight excluding hydrogens is 272 g/mol. The maximum atomic E-state index is 10.4. The molecule has 0 bridgehead atoms. The van der Waals surface area contributed by atoms with Gasteiger partial charge in [0.2, 0.25) is 0 Å². The van der Waals surface area contributed by atoms with Gasteiger partial charge in [-0.25, -0.2) is 0 Å². The number of benzene rings is 2. The summed E-state index contributed by atoms with van der Waals surface area (Å²) in [7, 11) is 0. The van der Waals surface area contributed by atoms with Crippen LogP contribution in [0.3, 0.4) is 0 Å². The van der Waals surface area contributed by atoms with Gasteiger partial charge in [0.25, 0.3) is 0 Å². The molecule has 0 saturated carbocycles. The van der Waals surface area contributed by atoms with Crippen LogP contribution in [0.25, 0.3) is 0 Å².